The van der Waals surface area contributed by atoms with E-state index in [1.807, 2.05) is 29.2 Å². The molecule has 0 unspecified atom stereocenters. The highest BCUT2D eigenvalue weighted by Crippen LogP contribution is 2.22. The van der Waals surface area contributed by atoms with Gasteiger partial charge in [-0.05, 0) is 37.3 Å². The van der Waals surface area contributed by atoms with Crippen LogP contribution in [0, 0.1) is 5.92 Å². The van der Waals surface area contributed by atoms with Gasteiger partial charge in [0.15, 0.2) is 0 Å². The lowest BCUT2D eigenvalue weighted by molar-refractivity contribution is 0.0611. The second-order valence-electron chi connectivity index (χ2n) is 6.44. The maximum atomic E-state index is 12.7. The number of para-hydroxylation sites is 1. The molecule has 1 aliphatic heterocycles. The molecular weight excluding hydrogens is 288 g/mol. The zero-order chi connectivity index (χ0) is 16.1. The molecule has 1 aromatic carbocycles. The predicted molar refractivity (Wildman–Crippen MR) is 91.8 cm³/mol. The van der Waals surface area contributed by atoms with E-state index in [1.54, 1.807) is 7.11 Å². The monoisotopic (exact) mass is 314 g/mol. The van der Waals surface area contributed by atoms with Crippen LogP contribution in [-0.2, 0) is 0 Å². The van der Waals surface area contributed by atoms with Crippen molar-refractivity contribution in [2.75, 3.05) is 39.8 Å². The van der Waals surface area contributed by atoms with Gasteiger partial charge in [-0.25, -0.2) is 0 Å². The normalized spacial score (nSPS) is 22.1. The van der Waals surface area contributed by atoms with Gasteiger partial charge in [-0.15, -0.1) is 0 Å². The number of amides is 1. The van der Waals surface area contributed by atoms with Gasteiger partial charge in [0.2, 0.25) is 0 Å². The van der Waals surface area contributed by atoms with E-state index >= 15 is 0 Å². The Morgan fingerprint density at radius 1 is 1.17 bits per heavy atom. The summed E-state index contributed by atoms with van der Waals surface area (Å²) in [5.41, 5.74) is 0.667. The number of hydrogen-bond acceptors (Lipinski definition) is 3. The molecule has 0 radical (unpaired) electrons. The standard InChI is InChI=1S/C19H26N2O2/c1-23-18-10-6-5-9-17(18)19(22)21-13-11-20(12-14-21)15-16-7-3-2-4-8-16/h2-3,5-6,9-10,16H,4,7-8,11-15H2,1H3/t16-/m0/s1. The van der Waals surface area contributed by atoms with Crippen LogP contribution in [0.15, 0.2) is 36.4 Å². The van der Waals surface area contributed by atoms with E-state index in [1.165, 1.54) is 25.8 Å². The Balaban J connectivity index is 1.54. The molecular formula is C19H26N2O2. The molecule has 124 valence electrons. The van der Waals surface area contributed by atoms with E-state index < -0.39 is 0 Å². The first kappa shape index (κ1) is 16.1. The number of hydrogen-bond donors (Lipinski definition) is 0. The number of carbonyl (C=O) groups is 1. The minimum Gasteiger partial charge on any atom is -0.496 e. The summed E-state index contributed by atoms with van der Waals surface area (Å²) in [7, 11) is 1.61. The van der Waals surface area contributed by atoms with Crippen LogP contribution in [0.25, 0.3) is 0 Å². The summed E-state index contributed by atoms with van der Waals surface area (Å²) in [6.07, 6.45) is 8.34. The smallest absolute Gasteiger partial charge is 0.257 e. The molecule has 1 aromatic rings. The summed E-state index contributed by atoms with van der Waals surface area (Å²) in [4.78, 5) is 17.2. The fourth-order valence-corrected chi connectivity index (χ4v) is 3.51. The van der Waals surface area contributed by atoms with Crippen LogP contribution in [0.2, 0.25) is 0 Å². The molecule has 4 nitrogen and oxygen atoms in total. The van der Waals surface area contributed by atoms with Gasteiger partial charge < -0.3 is 9.64 Å². The van der Waals surface area contributed by atoms with E-state index in [2.05, 4.69) is 17.1 Å². The van der Waals surface area contributed by atoms with Crippen LogP contribution in [0.1, 0.15) is 29.6 Å². The van der Waals surface area contributed by atoms with Crippen molar-refractivity contribution in [3.8, 4) is 5.75 Å². The number of methoxy groups -OCH3 is 1. The molecule has 0 saturated carbocycles. The highest BCUT2D eigenvalue weighted by molar-refractivity contribution is 5.97. The van der Waals surface area contributed by atoms with Crippen LogP contribution in [0.3, 0.4) is 0 Å². The van der Waals surface area contributed by atoms with Crippen molar-refractivity contribution in [1.29, 1.82) is 0 Å². The van der Waals surface area contributed by atoms with Crippen LogP contribution in [0.4, 0.5) is 0 Å². The van der Waals surface area contributed by atoms with Crippen molar-refractivity contribution in [2.24, 2.45) is 5.92 Å². The lowest BCUT2D eigenvalue weighted by Gasteiger charge is -2.37. The van der Waals surface area contributed by atoms with Crippen molar-refractivity contribution in [1.82, 2.24) is 9.80 Å². The molecule has 1 heterocycles. The summed E-state index contributed by atoms with van der Waals surface area (Å²) in [5.74, 6) is 1.54. The second kappa shape index (κ2) is 7.64. The largest absolute Gasteiger partial charge is 0.496 e. The molecule has 1 saturated heterocycles. The zero-order valence-electron chi connectivity index (χ0n) is 13.9. The van der Waals surface area contributed by atoms with Gasteiger partial charge in [0.05, 0.1) is 12.7 Å². The van der Waals surface area contributed by atoms with E-state index in [9.17, 15) is 4.79 Å². The maximum Gasteiger partial charge on any atom is 0.257 e. The van der Waals surface area contributed by atoms with Crippen molar-refractivity contribution < 1.29 is 9.53 Å². The third-order valence-electron chi connectivity index (χ3n) is 4.89. The average Bonchev–Trinajstić information content (AvgIpc) is 2.62. The molecule has 0 bridgehead atoms. The molecule has 3 rings (SSSR count). The maximum absolute atomic E-state index is 12.7. The second-order valence-corrected chi connectivity index (χ2v) is 6.44. The number of piperazine rings is 1. The quantitative estimate of drug-likeness (QED) is 0.801. The first-order valence-corrected chi connectivity index (χ1v) is 8.57. The molecule has 1 atom stereocenters. The van der Waals surface area contributed by atoms with Gasteiger partial charge in [-0.1, -0.05) is 24.3 Å². The Bertz CT molecular complexity index is 562. The fourth-order valence-electron chi connectivity index (χ4n) is 3.51. The zero-order valence-corrected chi connectivity index (χ0v) is 13.9. The molecule has 23 heavy (non-hydrogen) atoms. The summed E-state index contributed by atoms with van der Waals surface area (Å²) >= 11 is 0. The first-order valence-electron chi connectivity index (χ1n) is 8.57. The van der Waals surface area contributed by atoms with E-state index in [4.69, 9.17) is 4.74 Å². The molecule has 1 fully saturated rings. The summed E-state index contributed by atoms with van der Waals surface area (Å²) in [5, 5.41) is 0. The Kier molecular flexibility index (Phi) is 5.34. The Morgan fingerprint density at radius 2 is 1.96 bits per heavy atom. The molecule has 2 aliphatic rings. The number of allylic oxidation sites excluding steroid dienone is 2. The van der Waals surface area contributed by atoms with E-state index in [-0.39, 0.29) is 5.91 Å². The number of nitrogens with zero attached hydrogens (tertiary/aromatic N) is 2. The van der Waals surface area contributed by atoms with Gasteiger partial charge in [0.1, 0.15) is 5.75 Å². The van der Waals surface area contributed by atoms with Crippen LogP contribution in [0.5, 0.6) is 5.75 Å². The topological polar surface area (TPSA) is 32.8 Å². The highest BCUT2D eigenvalue weighted by atomic mass is 16.5. The summed E-state index contributed by atoms with van der Waals surface area (Å²) < 4.78 is 5.31. The number of ether oxygens (including phenoxy) is 1. The van der Waals surface area contributed by atoms with Crippen LogP contribution < -0.4 is 4.74 Å². The number of rotatable bonds is 4. The first-order chi connectivity index (χ1) is 11.3. The van der Waals surface area contributed by atoms with Crippen molar-refractivity contribution in [3.63, 3.8) is 0 Å². The van der Waals surface area contributed by atoms with Gasteiger partial charge in [-0.3, -0.25) is 9.69 Å². The van der Waals surface area contributed by atoms with Crippen LogP contribution >= 0.6 is 0 Å². The molecule has 0 aromatic heterocycles. The highest BCUT2D eigenvalue weighted by Gasteiger charge is 2.25. The lowest BCUT2D eigenvalue weighted by atomic mass is 9.94. The van der Waals surface area contributed by atoms with E-state index in [0.29, 0.717) is 11.3 Å². The van der Waals surface area contributed by atoms with Gasteiger partial charge in [0, 0.05) is 32.7 Å². The Morgan fingerprint density at radius 3 is 2.65 bits per heavy atom. The summed E-state index contributed by atoms with van der Waals surface area (Å²) in [6.45, 7) is 4.72. The predicted octanol–water partition coefficient (Wildman–Crippen LogP) is 2.81. The third kappa shape index (κ3) is 3.94. The molecule has 4 heteroatoms. The van der Waals surface area contributed by atoms with E-state index in [0.717, 1.165) is 32.1 Å². The van der Waals surface area contributed by atoms with Crippen molar-refractivity contribution in [3.05, 3.63) is 42.0 Å². The number of benzene rings is 1. The molecule has 0 N–H and O–H groups in total. The fraction of sp³-hybridized carbons (Fsp3) is 0.526. The minimum absolute atomic E-state index is 0.0858. The number of carbonyl (C=O) groups excluding carboxylic acids is 1. The SMILES string of the molecule is COc1ccccc1C(=O)N1CCN(C[C@H]2CC=CCC2)CC1. The third-order valence-corrected chi connectivity index (χ3v) is 4.89. The molecule has 0 spiro atoms. The lowest BCUT2D eigenvalue weighted by Crippen LogP contribution is -2.49. The Labute approximate surface area is 138 Å². The van der Waals surface area contributed by atoms with Gasteiger partial charge in [0.25, 0.3) is 5.91 Å². The molecule has 1 amide bonds. The minimum atomic E-state index is 0.0858. The van der Waals surface area contributed by atoms with Gasteiger partial charge >= 0.3 is 0 Å². The summed E-state index contributed by atoms with van der Waals surface area (Å²) in [6, 6.07) is 7.48. The van der Waals surface area contributed by atoms with Crippen molar-refractivity contribution in [2.45, 2.75) is 19.3 Å². The van der Waals surface area contributed by atoms with Crippen molar-refractivity contribution >= 4 is 5.91 Å². The molecule has 1 aliphatic carbocycles. The van der Waals surface area contributed by atoms with Crippen LogP contribution in [-0.4, -0.2) is 55.5 Å². The average molecular weight is 314 g/mol. The Hall–Kier alpha value is -1.81. The van der Waals surface area contributed by atoms with Gasteiger partial charge in [-0.2, -0.15) is 0 Å².